The molecule has 2 aromatic rings. The Bertz CT molecular complexity index is 569. The summed E-state index contributed by atoms with van der Waals surface area (Å²) in [5.41, 5.74) is 2.48. The zero-order valence-electron chi connectivity index (χ0n) is 11.5. The Morgan fingerprint density at radius 1 is 1.05 bits per heavy atom. The van der Waals surface area contributed by atoms with Gasteiger partial charge in [-0.05, 0) is 49.4 Å². The predicted molar refractivity (Wildman–Crippen MR) is 89.9 cm³/mol. The van der Waals surface area contributed by atoms with E-state index >= 15 is 0 Å². The number of thioether (sulfide) groups is 1. The third kappa shape index (κ3) is 4.16. The van der Waals surface area contributed by atoms with Crippen LogP contribution in [0.25, 0.3) is 0 Å². The van der Waals surface area contributed by atoms with E-state index in [0.717, 1.165) is 5.75 Å². The number of nitrogens with one attached hydrogen (secondary N) is 1. The minimum atomic E-state index is 0.379. The van der Waals surface area contributed by atoms with Crippen LogP contribution in [0, 0.1) is 0 Å². The number of hydrogen-bond acceptors (Lipinski definition) is 2. The van der Waals surface area contributed by atoms with Crippen LogP contribution in [0.3, 0.4) is 0 Å². The van der Waals surface area contributed by atoms with E-state index in [-0.39, 0.29) is 0 Å². The zero-order valence-corrected chi connectivity index (χ0v) is 13.8. The van der Waals surface area contributed by atoms with E-state index in [1.54, 1.807) is 11.8 Å². The molecule has 0 aliphatic heterocycles. The van der Waals surface area contributed by atoms with Crippen LogP contribution in [0.4, 0.5) is 0 Å². The SMILES string of the molecule is CNC(C)c1ccc(SCc2ccc(Cl)c(Cl)c2)cc1. The molecule has 0 radical (unpaired) electrons. The second kappa shape index (κ2) is 7.37. The molecule has 0 saturated heterocycles. The number of rotatable bonds is 5. The van der Waals surface area contributed by atoms with Crippen molar-refractivity contribution >= 4 is 35.0 Å². The lowest BCUT2D eigenvalue weighted by atomic mass is 10.1. The summed E-state index contributed by atoms with van der Waals surface area (Å²) in [5.74, 6) is 0.887. The monoisotopic (exact) mass is 325 g/mol. The molecule has 106 valence electrons. The topological polar surface area (TPSA) is 12.0 Å². The molecule has 0 fully saturated rings. The van der Waals surface area contributed by atoms with Crippen molar-refractivity contribution in [2.75, 3.05) is 7.05 Å². The first-order chi connectivity index (χ1) is 9.60. The summed E-state index contributed by atoms with van der Waals surface area (Å²) in [6.45, 7) is 2.15. The Morgan fingerprint density at radius 3 is 2.35 bits per heavy atom. The summed E-state index contributed by atoms with van der Waals surface area (Å²) in [5, 5.41) is 4.45. The molecule has 0 amide bonds. The maximum Gasteiger partial charge on any atom is 0.0595 e. The molecule has 0 saturated carbocycles. The molecule has 1 unspecified atom stereocenters. The van der Waals surface area contributed by atoms with Crippen molar-refractivity contribution in [3.63, 3.8) is 0 Å². The van der Waals surface area contributed by atoms with E-state index in [1.165, 1.54) is 16.0 Å². The van der Waals surface area contributed by atoms with Crippen LogP contribution in [0.5, 0.6) is 0 Å². The standard InChI is InChI=1S/C16H17Cl2NS/c1-11(19-2)13-4-6-14(7-5-13)20-10-12-3-8-15(17)16(18)9-12/h3-9,11,19H,10H2,1-2H3. The quantitative estimate of drug-likeness (QED) is 0.721. The van der Waals surface area contributed by atoms with Gasteiger partial charge < -0.3 is 5.32 Å². The van der Waals surface area contributed by atoms with Crippen LogP contribution in [0.2, 0.25) is 10.0 Å². The Kier molecular flexibility index (Phi) is 5.79. The van der Waals surface area contributed by atoms with Crippen molar-refractivity contribution in [2.45, 2.75) is 23.6 Å². The molecule has 2 aromatic carbocycles. The van der Waals surface area contributed by atoms with Crippen molar-refractivity contribution < 1.29 is 0 Å². The smallest absolute Gasteiger partial charge is 0.0595 e. The minimum absolute atomic E-state index is 0.379. The molecule has 0 spiro atoms. The van der Waals surface area contributed by atoms with Crippen molar-refractivity contribution in [2.24, 2.45) is 0 Å². The van der Waals surface area contributed by atoms with Crippen LogP contribution in [-0.2, 0) is 5.75 Å². The molecule has 20 heavy (non-hydrogen) atoms. The van der Waals surface area contributed by atoms with Gasteiger partial charge in [0.2, 0.25) is 0 Å². The third-order valence-corrected chi connectivity index (χ3v) is 5.02. The van der Waals surface area contributed by atoms with Gasteiger partial charge in [0.15, 0.2) is 0 Å². The van der Waals surface area contributed by atoms with Crippen LogP contribution >= 0.6 is 35.0 Å². The molecule has 4 heteroatoms. The fourth-order valence-electron chi connectivity index (χ4n) is 1.82. The first-order valence-corrected chi connectivity index (χ1v) is 8.18. The van der Waals surface area contributed by atoms with Crippen molar-refractivity contribution in [1.29, 1.82) is 0 Å². The zero-order chi connectivity index (χ0) is 14.5. The number of halogens is 2. The van der Waals surface area contributed by atoms with E-state index in [2.05, 4.69) is 36.5 Å². The minimum Gasteiger partial charge on any atom is -0.313 e. The summed E-state index contributed by atoms with van der Waals surface area (Å²) < 4.78 is 0. The molecule has 1 N–H and O–H groups in total. The third-order valence-electron chi connectivity index (χ3n) is 3.20. The van der Waals surface area contributed by atoms with Gasteiger partial charge in [0, 0.05) is 16.7 Å². The first kappa shape index (κ1) is 15.7. The van der Waals surface area contributed by atoms with E-state index < -0.39 is 0 Å². The largest absolute Gasteiger partial charge is 0.313 e. The van der Waals surface area contributed by atoms with Gasteiger partial charge in [-0.25, -0.2) is 0 Å². The molecule has 0 aliphatic rings. The molecule has 0 aromatic heterocycles. The Hall–Kier alpha value is -0.670. The van der Waals surface area contributed by atoms with Crippen molar-refractivity contribution in [3.8, 4) is 0 Å². The first-order valence-electron chi connectivity index (χ1n) is 6.44. The van der Waals surface area contributed by atoms with Crippen LogP contribution in [-0.4, -0.2) is 7.05 Å². The summed E-state index contributed by atoms with van der Waals surface area (Å²) in [4.78, 5) is 1.25. The van der Waals surface area contributed by atoms with Crippen LogP contribution in [0.15, 0.2) is 47.4 Å². The molecular formula is C16H17Cl2NS. The van der Waals surface area contributed by atoms with Crippen LogP contribution in [0.1, 0.15) is 24.1 Å². The fourth-order valence-corrected chi connectivity index (χ4v) is 2.98. The van der Waals surface area contributed by atoms with Crippen molar-refractivity contribution in [3.05, 3.63) is 63.6 Å². The predicted octanol–water partition coefficient (Wildman–Crippen LogP) is 5.57. The molecule has 2 rings (SSSR count). The van der Waals surface area contributed by atoms with E-state index in [9.17, 15) is 0 Å². The second-order valence-electron chi connectivity index (χ2n) is 4.62. The summed E-state index contributed by atoms with van der Waals surface area (Å²) in [6.07, 6.45) is 0. The average Bonchev–Trinajstić information content (AvgIpc) is 2.48. The molecule has 0 bridgehead atoms. The van der Waals surface area contributed by atoms with E-state index in [1.807, 2.05) is 25.2 Å². The highest BCUT2D eigenvalue weighted by atomic mass is 35.5. The van der Waals surface area contributed by atoms with E-state index in [4.69, 9.17) is 23.2 Å². The molecule has 1 atom stereocenters. The van der Waals surface area contributed by atoms with Crippen LogP contribution < -0.4 is 5.32 Å². The highest BCUT2D eigenvalue weighted by Crippen LogP contribution is 2.28. The lowest BCUT2D eigenvalue weighted by Gasteiger charge is -2.11. The van der Waals surface area contributed by atoms with Gasteiger partial charge in [0.05, 0.1) is 10.0 Å². The van der Waals surface area contributed by atoms with E-state index in [0.29, 0.717) is 16.1 Å². The average molecular weight is 326 g/mol. The van der Waals surface area contributed by atoms with Gasteiger partial charge in [-0.3, -0.25) is 0 Å². The maximum absolute atomic E-state index is 6.02. The summed E-state index contributed by atoms with van der Waals surface area (Å²) in [6, 6.07) is 14.8. The highest BCUT2D eigenvalue weighted by Gasteiger charge is 2.03. The van der Waals surface area contributed by atoms with Gasteiger partial charge in [0.25, 0.3) is 0 Å². The Balaban J connectivity index is 1.98. The highest BCUT2D eigenvalue weighted by molar-refractivity contribution is 7.98. The summed E-state index contributed by atoms with van der Waals surface area (Å²) >= 11 is 13.7. The van der Waals surface area contributed by atoms with Gasteiger partial charge in [-0.15, -0.1) is 11.8 Å². The summed E-state index contributed by atoms with van der Waals surface area (Å²) in [7, 11) is 1.97. The second-order valence-corrected chi connectivity index (χ2v) is 6.48. The molecular weight excluding hydrogens is 309 g/mol. The fraction of sp³-hybridized carbons (Fsp3) is 0.250. The Morgan fingerprint density at radius 2 is 1.75 bits per heavy atom. The van der Waals surface area contributed by atoms with Crippen molar-refractivity contribution in [1.82, 2.24) is 5.32 Å². The maximum atomic E-state index is 6.02. The van der Waals surface area contributed by atoms with Gasteiger partial charge in [-0.2, -0.15) is 0 Å². The number of hydrogen-bond donors (Lipinski definition) is 1. The van der Waals surface area contributed by atoms with Gasteiger partial charge in [0.1, 0.15) is 0 Å². The number of benzene rings is 2. The Labute approximate surface area is 134 Å². The van der Waals surface area contributed by atoms with Gasteiger partial charge in [-0.1, -0.05) is 41.4 Å². The normalized spacial score (nSPS) is 12.4. The molecule has 0 aliphatic carbocycles. The molecule has 1 nitrogen and oxygen atoms in total. The lowest BCUT2D eigenvalue weighted by Crippen LogP contribution is -2.11. The lowest BCUT2D eigenvalue weighted by molar-refractivity contribution is 0.652. The molecule has 0 heterocycles. The van der Waals surface area contributed by atoms with Gasteiger partial charge >= 0.3 is 0 Å².